The summed E-state index contributed by atoms with van der Waals surface area (Å²) in [6.07, 6.45) is -0.574. The quantitative estimate of drug-likeness (QED) is 0.288. The molecule has 3 atom stereocenters. The van der Waals surface area contributed by atoms with Gasteiger partial charge in [0, 0.05) is 0 Å². The largest absolute Gasteiger partial charge is 0.388 e. The van der Waals surface area contributed by atoms with Gasteiger partial charge in [0.1, 0.15) is 32.4 Å². The number of aliphatic hydroxyl groups excluding tert-OH is 1. The fraction of sp³-hybridized carbons (Fsp3) is 1.00. The van der Waals surface area contributed by atoms with Gasteiger partial charge >= 0.3 is 0 Å². The lowest BCUT2D eigenvalue weighted by molar-refractivity contribution is -0.127. The highest BCUT2D eigenvalue weighted by Crippen LogP contribution is 2.09. The third kappa shape index (κ3) is 6.89. The SMILES string of the molecule is OC(COCOCC1CO1)COCOC1CO1. The van der Waals surface area contributed by atoms with Crippen molar-refractivity contribution >= 4 is 0 Å². The highest BCUT2D eigenvalue weighted by molar-refractivity contribution is 4.66. The highest BCUT2D eigenvalue weighted by atomic mass is 16.8. The molecule has 0 radical (unpaired) electrons. The van der Waals surface area contributed by atoms with Crippen LogP contribution in [0.2, 0.25) is 0 Å². The molecule has 2 aliphatic heterocycles. The Hall–Kier alpha value is -0.280. The van der Waals surface area contributed by atoms with Gasteiger partial charge in [0.15, 0.2) is 6.29 Å². The van der Waals surface area contributed by atoms with E-state index in [1.54, 1.807) is 0 Å². The molecule has 2 aliphatic rings. The van der Waals surface area contributed by atoms with Gasteiger partial charge in [-0.1, -0.05) is 0 Å². The predicted molar refractivity (Wildman–Crippen MR) is 54.2 cm³/mol. The Bertz CT molecular complexity index is 205. The zero-order valence-electron chi connectivity index (χ0n) is 9.58. The van der Waals surface area contributed by atoms with Crippen molar-refractivity contribution in [2.75, 3.05) is 46.6 Å². The van der Waals surface area contributed by atoms with E-state index in [1.807, 2.05) is 0 Å². The molecular weight excluding hydrogens is 232 g/mol. The molecule has 0 bridgehead atoms. The molecular formula is C10H18O7. The molecule has 100 valence electrons. The van der Waals surface area contributed by atoms with Crippen molar-refractivity contribution in [1.29, 1.82) is 0 Å². The lowest BCUT2D eigenvalue weighted by Crippen LogP contribution is -2.23. The van der Waals surface area contributed by atoms with E-state index in [1.165, 1.54) is 0 Å². The maximum Gasteiger partial charge on any atom is 0.183 e. The summed E-state index contributed by atoms with van der Waals surface area (Å²) in [5.74, 6) is 0. The molecule has 0 saturated carbocycles. The van der Waals surface area contributed by atoms with E-state index in [4.69, 9.17) is 28.4 Å². The smallest absolute Gasteiger partial charge is 0.183 e. The van der Waals surface area contributed by atoms with Gasteiger partial charge in [0.05, 0.1) is 26.4 Å². The van der Waals surface area contributed by atoms with Gasteiger partial charge in [-0.25, -0.2) is 0 Å². The molecule has 0 aromatic heterocycles. The average molecular weight is 250 g/mol. The molecule has 0 amide bonds. The average Bonchev–Trinajstić information content (AvgIpc) is 3.17. The van der Waals surface area contributed by atoms with E-state index in [0.29, 0.717) is 13.2 Å². The molecule has 7 nitrogen and oxygen atoms in total. The van der Waals surface area contributed by atoms with Gasteiger partial charge < -0.3 is 33.5 Å². The molecule has 2 saturated heterocycles. The summed E-state index contributed by atoms with van der Waals surface area (Å²) in [5, 5.41) is 9.43. The fourth-order valence-corrected chi connectivity index (χ4v) is 1.08. The van der Waals surface area contributed by atoms with Crippen molar-refractivity contribution in [2.45, 2.75) is 18.5 Å². The fourth-order valence-electron chi connectivity index (χ4n) is 1.08. The minimum Gasteiger partial charge on any atom is -0.388 e. The van der Waals surface area contributed by atoms with Crippen molar-refractivity contribution in [3.05, 3.63) is 0 Å². The van der Waals surface area contributed by atoms with Crippen LogP contribution in [-0.2, 0) is 28.4 Å². The first-order chi connectivity index (χ1) is 8.34. The molecule has 1 N–H and O–H groups in total. The van der Waals surface area contributed by atoms with Crippen molar-refractivity contribution in [1.82, 2.24) is 0 Å². The molecule has 0 spiro atoms. The third-order valence-corrected chi connectivity index (χ3v) is 2.13. The Kier molecular flexibility index (Phi) is 5.59. The monoisotopic (exact) mass is 250 g/mol. The number of aliphatic hydroxyl groups is 1. The molecule has 0 aromatic rings. The van der Waals surface area contributed by atoms with Crippen molar-refractivity contribution < 1.29 is 33.5 Å². The maximum atomic E-state index is 9.43. The van der Waals surface area contributed by atoms with Crippen LogP contribution in [0.5, 0.6) is 0 Å². The zero-order chi connectivity index (χ0) is 11.9. The first-order valence-electron chi connectivity index (χ1n) is 5.60. The summed E-state index contributed by atoms with van der Waals surface area (Å²) in [4.78, 5) is 0. The zero-order valence-corrected chi connectivity index (χ0v) is 9.58. The van der Waals surface area contributed by atoms with Gasteiger partial charge in [-0.15, -0.1) is 0 Å². The van der Waals surface area contributed by atoms with Crippen LogP contribution in [-0.4, -0.2) is 70.2 Å². The molecule has 3 unspecified atom stereocenters. The van der Waals surface area contributed by atoms with E-state index >= 15 is 0 Å². The van der Waals surface area contributed by atoms with Crippen molar-refractivity contribution in [3.63, 3.8) is 0 Å². The van der Waals surface area contributed by atoms with Crippen molar-refractivity contribution in [2.24, 2.45) is 0 Å². The molecule has 7 heteroatoms. The number of hydrogen-bond donors (Lipinski definition) is 1. The Morgan fingerprint density at radius 1 is 1.06 bits per heavy atom. The first kappa shape index (κ1) is 13.2. The second-order valence-corrected chi connectivity index (χ2v) is 3.89. The number of hydrogen-bond acceptors (Lipinski definition) is 7. The van der Waals surface area contributed by atoms with Crippen LogP contribution in [0.25, 0.3) is 0 Å². The van der Waals surface area contributed by atoms with Crippen LogP contribution in [0, 0.1) is 0 Å². The summed E-state index contributed by atoms with van der Waals surface area (Å²) in [5.41, 5.74) is 0. The molecule has 2 rings (SSSR count). The lowest BCUT2D eigenvalue weighted by Gasteiger charge is -2.11. The van der Waals surface area contributed by atoms with Crippen LogP contribution in [0.1, 0.15) is 0 Å². The van der Waals surface area contributed by atoms with Gasteiger partial charge in [0.2, 0.25) is 0 Å². The molecule has 2 fully saturated rings. The lowest BCUT2D eigenvalue weighted by atomic mass is 10.4. The Labute approximate surface area is 99.5 Å². The highest BCUT2D eigenvalue weighted by Gasteiger charge is 2.23. The van der Waals surface area contributed by atoms with Gasteiger partial charge in [-0.05, 0) is 0 Å². The van der Waals surface area contributed by atoms with E-state index in [2.05, 4.69) is 0 Å². The summed E-state index contributed by atoms with van der Waals surface area (Å²) >= 11 is 0. The van der Waals surface area contributed by atoms with Gasteiger partial charge in [-0.3, -0.25) is 0 Å². The maximum absolute atomic E-state index is 9.43. The van der Waals surface area contributed by atoms with Crippen LogP contribution < -0.4 is 0 Å². The summed E-state index contributed by atoms with van der Waals surface area (Å²) in [6, 6.07) is 0. The first-order valence-corrected chi connectivity index (χ1v) is 5.60. The molecule has 2 heterocycles. The predicted octanol–water partition coefficient (Wildman–Crippen LogP) is -0.916. The van der Waals surface area contributed by atoms with E-state index in [0.717, 1.165) is 6.61 Å². The normalized spacial score (nSPS) is 28.1. The minimum absolute atomic E-state index is 0.122. The second-order valence-electron chi connectivity index (χ2n) is 3.89. The Morgan fingerprint density at radius 2 is 1.76 bits per heavy atom. The second kappa shape index (κ2) is 7.22. The van der Waals surface area contributed by atoms with Gasteiger partial charge in [0.25, 0.3) is 0 Å². The number of ether oxygens (including phenoxy) is 6. The summed E-state index contributed by atoms with van der Waals surface area (Å²) in [6.45, 7) is 2.55. The third-order valence-electron chi connectivity index (χ3n) is 2.13. The number of rotatable bonds is 11. The summed E-state index contributed by atoms with van der Waals surface area (Å²) in [7, 11) is 0. The Morgan fingerprint density at radius 3 is 2.41 bits per heavy atom. The van der Waals surface area contributed by atoms with Gasteiger partial charge in [-0.2, -0.15) is 0 Å². The topological polar surface area (TPSA) is 82.2 Å². The molecule has 17 heavy (non-hydrogen) atoms. The number of epoxide rings is 2. The van der Waals surface area contributed by atoms with Crippen LogP contribution in [0.3, 0.4) is 0 Å². The van der Waals surface area contributed by atoms with Crippen LogP contribution in [0.15, 0.2) is 0 Å². The van der Waals surface area contributed by atoms with Crippen LogP contribution >= 0.6 is 0 Å². The molecule has 0 aliphatic carbocycles. The standard InChI is InChI=1S/C10H18O7/c11-8(2-13-7-17-10-5-16-10)1-12-6-14-3-9-4-15-9/h8-11H,1-7H2. The van der Waals surface area contributed by atoms with E-state index in [-0.39, 0.29) is 39.2 Å². The minimum atomic E-state index is -0.681. The van der Waals surface area contributed by atoms with Crippen LogP contribution in [0.4, 0.5) is 0 Å². The van der Waals surface area contributed by atoms with E-state index < -0.39 is 6.10 Å². The molecule has 0 aromatic carbocycles. The summed E-state index contributed by atoms with van der Waals surface area (Å²) < 4.78 is 30.1. The van der Waals surface area contributed by atoms with Crippen molar-refractivity contribution in [3.8, 4) is 0 Å². The Balaban J connectivity index is 1.31. The van der Waals surface area contributed by atoms with E-state index in [9.17, 15) is 5.11 Å².